The molecule has 2 heterocycles. The second-order valence-electron chi connectivity index (χ2n) is 7.17. The van der Waals surface area contributed by atoms with Gasteiger partial charge in [0.25, 0.3) is 0 Å². The molecule has 1 amide bonds. The summed E-state index contributed by atoms with van der Waals surface area (Å²) in [5, 5.41) is 17.7. The molecule has 0 radical (unpaired) electrons. The van der Waals surface area contributed by atoms with E-state index >= 15 is 0 Å². The van der Waals surface area contributed by atoms with Crippen LogP contribution in [0.3, 0.4) is 0 Å². The first-order chi connectivity index (χ1) is 15.5. The smallest absolute Gasteiger partial charge is 0.230 e. The maximum atomic E-state index is 12.3. The second kappa shape index (κ2) is 10.0. The predicted molar refractivity (Wildman–Crippen MR) is 127 cm³/mol. The number of thioether (sulfide) groups is 1. The van der Waals surface area contributed by atoms with E-state index in [9.17, 15) is 4.79 Å². The SMILES string of the molecule is CCn1c(SCC(=O)NCc2ccccc2)nnc1-c1cn(C)nc1-c1ccc(Cl)cc1. The van der Waals surface area contributed by atoms with Crippen LogP contribution in [0.2, 0.25) is 5.02 Å². The van der Waals surface area contributed by atoms with Crippen molar-refractivity contribution in [2.24, 2.45) is 7.05 Å². The minimum Gasteiger partial charge on any atom is -0.351 e. The van der Waals surface area contributed by atoms with Crippen LogP contribution in [0.5, 0.6) is 0 Å². The molecule has 0 aliphatic carbocycles. The van der Waals surface area contributed by atoms with Gasteiger partial charge in [0, 0.05) is 36.9 Å². The number of rotatable bonds is 8. The Labute approximate surface area is 195 Å². The van der Waals surface area contributed by atoms with Gasteiger partial charge in [-0.2, -0.15) is 5.10 Å². The topological polar surface area (TPSA) is 77.6 Å². The highest BCUT2D eigenvalue weighted by Crippen LogP contribution is 2.32. The highest BCUT2D eigenvalue weighted by atomic mass is 35.5. The monoisotopic (exact) mass is 466 g/mol. The van der Waals surface area contributed by atoms with E-state index in [2.05, 4.69) is 20.6 Å². The average molecular weight is 467 g/mol. The lowest BCUT2D eigenvalue weighted by molar-refractivity contribution is -0.118. The number of amides is 1. The van der Waals surface area contributed by atoms with Crippen molar-refractivity contribution >= 4 is 29.3 Å². The van der Waals surface area contributed by atoms with Crippen molar-refractivity contribution < 1.29 is 4.79 Å². The number of hydrogen-bond donors (Lipinski definition) is 1. The molecular formula is C23H23ClN6OS. The van der Waals surface area contributed by atoms with Crippen molar-refractivity contribution in [1.29, 1.82) is 0 Å². The van der Waals surface area contributed by atoms with Gasteiger partial charge in [-0.15, -0.1) is 10.2 Å². The molecule has 9 heteroatoms. The average Bonchev–Trinajstić information content (AvgIpc) is 3.40. The van der Waals surface area contributed by atoms with Crippen LogP contribution in [0.1, 0.15) is 12.5 Å². The summed E-state index contributed by atoms with van der Waals surface area (Å²) < 4.78 is 3.77. The molecule has 0 fully saturated rings. The van der Waals surface area contributed by atoms with Crippen molar-refractivity contribution in [1.82, 2.24) is 29.9 Å². The molecule has 0 unspecified atom stereocenters. The van der Waals surface area contributed by atoms with E-state index < -0.39 is 0 Å². The largest absolute Gasteiger partial charge is 0.351 e. The van der Waals surface area contributed by atoms with Crippen LogP contribution in [0.25, 0.3) is 22.6 Å². The molecule has 0 saturated carbocycles. The van der Waals surface area contributed by atoms with Crippen LogP contribution in [-0.4, -0.2) is 36.2 Å². The summed E-state index contributed by atoms with van der Waals surface area (Å²) in [4.78, 5) is 12.3. The summed E-state index contributed by atoms with van der Waals surface area (Å²) in [5.41, 5.74) is 3.70. The highest BCUT2D eigenvalue weighted by Gasteiger charge is 2.20. The number of benzene rings is 2. The van der Waals surface area contributed by atoms with E-state index in [0.29, 0.717) is 23.3 Å². The Bertz CT molecular complexity index is 1200. The molecule has 32 heavy (non-hydrogen) atoms. The zero-order valence-electron chi connectivity index (χ0n) is 17.8. The first kappa shape index (κ1) is 22.1. The Morgan fingerprint density at radius 1 is 1.09 bits per heavy atom. The van der Waals surface area contributed by atoms with E-state index in [1.165, 1.54) is 11.8 Å². The van der Waals surface area contributed by atoms with Crippen LogP contribution in [-0.2, 0) is 24.9 Å². The molecule has 0 spiro atoms. The lowest BCUT2D eigenvalue weighted by Gasteiger charge is -2.08. The summed E-state index contributed by atoms with van der Waals surface area (Å²) in [6.45, 7) is 3.21. The zero-order valence-corrected chi connectivity index (χ0v) is 19.4. The van der Waals surface area contributed by atoms with E-state index in [0.717, 1.165) is 28.2 Å². The van der Waals surface area contributed by atoms with Crippen molar-refractivity contribution in [2.75, 3.05) is 5.75 Å². The number of carbonyl (C=O) groups is 1. The quantitative estimate of drug-likeness (QED) is 0.389. The number of carbonyl (C=O) groups excluding carboxylic acids is 1. The van der Waals surface area contributed by atoms with Gasteiger partial charge in [-0.05, 0) is 24.6 Å². The minimum atomic E-state index is -0.0470. The molecule has 7 nitrogen and oxygen atoms in total. The molecular weight excluding hydrogens is 444 g/mol. The second-order valence-corrected chi connectivity index (χ2v) is 8.55. The summed E-state index contributed by atoms with van der Waals surface area (Å²) >= 11 is 7.42. The van der Waals surface area contributed by atoms with Gasteiger partial charge in [-0.1, -0.05) is 65.8 Å². The Hall–Kier alpha value is -3.10. The third-order valence-electron chi connectivity index (χ3n) is 4.89. The Balaban J connectivity index is 1.50. The third kappa shape index (κ3) is 5.03. The summed E-state index contributed by atoms with van der Waals surface area (Å²) in [5.74, 6) is 0.939. The standard InChI is InChI=1S/C23H23ClN6OS/c1-3-30-22(19-14-29(2)28-21(19)17-9-11-18(24)12-10-17)26-27-23(30)32-15-20(31)25-13-16-7-5-4-6-8-16/h4-12,14H,3,13,15H2,1-2H3,(H,25,31). The normalized spacial score (nSPS) is 11.0. The van der Waals surface area contributed by atoms with Crippen molar-refractivity contribution in [2.45, 2.75) is 25.2 Å². The molecule has 0 saturated heterocycles. The van der Waals surface area contributed by atoms with Crippen LogP contribution in [0, 0.1) is 0 Å². The maximum Gasteiger partial charge on any atom is 0.230 e. The van der Waals surface area contributed by atoms with Gasteiger partial charge in [-0.25, -0.2) is 0 Å². The minimum absolute atomic E-state index is 0.0470. The fourth-order valence-electron chi connectivity index (χ4n) is 3.33. The number of nitrogens with zero attached hydrogens (tertiary/aromatic N) is 5. The third-order valence-corrected chi connectivity index (χ3v) is 6.10. The van der Waals surface area contributed by atoms with Crippen LogP contribution >= 0.6 is 23.4 Å². The molecule has 164 valence electrons. The zero-order chi connectivity index (χ0) is 22.5. The molecule has 0 aliphatic rings. The van der Waals surface area contributed by atoms with Crippen molar-refractivity contribution in [3.63, 3.8) is 0 Å². The molecule has 4 aromatic rings. The van der Waals surface area contributed by atoms with Crippen molar-refractivity contribution in [3.05, 3.63) is 71.4 Å². The van der Waals surface area contributed by atoms with Crippen molar-refractivity contribution in [3.8, 4) is 22.6 Å². The number of halogens is 1. The van der Waals surface area contributed by atoms with Crippen LogP contribution in [0.4, 0.5) is 0 Å². The molecule has 4 rings (SSSR count). The number of hydrogen-bond acceptors (Lipinski definition) is 5. The van der Waals surface area contributed by atoms with Gasteiger partial charge < -0.3 is 9.88 Å². The van der Waals surface area contributed by atoms with Gasteiger partial charge in [0.1, 0.15) is 5.69 Å². The predicted octanol–water partition coefficient (Wildman–Crippen LogP) is 4.43. The van der Waals surface area contributed by atoms with E-state index in [-0.39, 0.29) is 11.7 Å². The lowest BCUT2D eigenvalue weighted by Crippen LogP contribution is -2.24. The van der Waals surface area contributed by atoms with E-state index in [1.54, 1.807) is 4.68 Å². The van der Waals surface area contributed by atoms with Gasteiger partial charge in [0.2, 0.25) is 5.91 Å². The fourth-order valence-corrected chi connectivity index (χ4v) is 4.29. The molecule has 0 bridgehead atoms. The van der Waals surface area contributed by atoms with Crippen LogP contribution in [0.15, 0.2) is 66.0 Å². The summed E-state index contributed by atoms with van der Waals surface area (Å²) in [7, 11) is 1.88. The first-order valence-corrected chi connectivity index (χ1v) is 11.6. The molecule has 2 aromatic heterocycles. The number of aromatic nitrogens is 5. The highest BCUT2D eigenvalue weighted by molar-refractivity contribution is 7.99. The van der Waals surface area contributed by atoms with Gasteiger partial charge in [0.15, 0.2) is 11.0 Å². The molecule has 2 aromatic carbocycles. The molecule has 0 atom stereocenters. The fraction of sp³-hybridized carbons (Fsp3) is 0.217. The van der Waals surface area contributed by atoms with Gasteiger partial charge >= 0.3 is 0 Å². The van der Waals surface area contributed by atoms with E-state index in [4.69, 9.17) is 11.6 Å². The maximum absolute atomic E-state index is 12.3. The first-order valence-electron chi connectivity index (χ1n) is 10.2. The summed E-state index contributed by atoms with van der Waals surface area (Å²) in [6.07, 6.45) is 1.93. The van der Waals surface area contributed by atoms with E-state index in [1.807, 2.05) is 79.3 Å². The Kier molecular flexibility index (Phi) is 6.92. The van der Waals surface area contributed by atoms with Crippen LogP contribution < -0.4 is 5.32 Å². The number of aryl methyl sites for hydroxylation is 1. The Morgan fingerprint density at radius 3 is 2.56 bits per heavy atom. The molecule has 1 N–H and O–H groups in total. The number of nitrogens with one attached hydrogen (secondary N) is 1. The Morgan fingerprint density at radius 2 is 1.84 bits per heavy atom. The lowest BCUT2D eigenvalue weighted by atomic mass is 10.1. The molecule has 0 aliphatic heterocycles. The summed E-state index contributed by atoms with van der Waals surface area (Å²) in [6, 6.07) is 17.4. The van der Waals surface area contributed by atoms with Gasteiger partial charge in [-0.3, -0.25) is 9.48 Å². The van der Waals surface area contributed by atoms with Gasteiger partial charge in [0.05, 0.1) is 11.3 Å².